The van der Waals surface area contributed by atoms with E-state index in [1.54, 1.807) is 5.32 Å². The molecule has 1 saturated heterocycles. The number of hydrogen-bond donors (Lipinski definition) is 1. The van der Waals surface area contributed by atoms with Crippen molar-refractivity contribution in [3.8, 4) is 0 Å². The van der Waals surface area contributed by atoms with Crippen molar-refractivity contribution in [1.29, 1.82) is 0 Å². The predicted molar refractivity (Wildman–Crippen MR) is 54.6 cm³/mol. The first-order valence-corrected chi connectivity index (χ1v) is 5.10. The normalized spacial score (nSPS) is 25.1. The van der Waals surface area contributed by atoms with Crippen LogP contribution >= 0.6 is 11.6 Å². The van der Waals surface area contributed by atoms with Gasteiger partial charge in [0.05, 0.1) is 6.54 Å². The molecule has 1 fully saturated rings. The number of carbonyl (C=O) groups is 2. The van der Waals surface area contributed by atoms with Crippen molar-refractivity contribution in [3.05, 3.63) is 12.2 Å². The lowest BCUT2D eigenvalue weighted by Gasteiger charge is -2.24. The van der Waals surface area contributed by atoms with Gasteiger partial charge in [0.15, 0.2) is 0 Å². The molecule has 0 saturated carbocycles. The molecule has 0 aliphatic carbocycles. The Bertz CT molecular complexity index is 383. The molecule has 1 N–H and O–H groups in total. The van der Waals surface area contributed by atoms with Crippen molar-refractivity contribution in [1.82, 2.24) is 10.2 Å². The van der Waals surface area contributed by atoms with Crippen LogP contribution in [0.4, 0.5) is 18.0 Å². The number of carbonyl (C=O) groups excluding carboxylic acids is 2. The van der Waals surface area contributed by atoms with Crippen LogP contribution < -0.4 is 5.32 Å². The third-order valence-electron chi connectivity index (χ3n) is 2.41. The zero-order valence-electron chi connectivity index (χ0n) is 8.90. The third-order valence-corrected chi connectivity index (χ3v) is 2.79. The first-order valence-electron chi connectivity index (χ1n) is 4.57. The number of hydrogen-bond acceptors (Lipinski definition) is 2. The fraction of sp³-hybridized carbons (Fsp3) is 0.556. The monoisotopic (exact) mass is 270 g/mol. The zero-order chi connectivity index (χ0) is 13.4. The number of imide groups is 1. The molecule has 0 bridgehead atoms. The molecule has 0 radical (unpaired) electrons. The van der Waals surface area contributed by atoms with E-state index in [0.29, 0.717) is 11.8 Å². The van der Waals surface area contributed by atoms with E-state index in [0.717, 1.165) is 0 Å². The lowest BCUT2D eigenvalue weighted by atomic mass is 10.0. The molecule has 0 aromatic heterocycles. The Balaban J connectivity index is 2.97. The molecule has 1 rings (SSSR count). The van der Waals surface area contributed by atoms with Gasteiger partial charge in [0.1, 0.15) is 0 Å². The van der Waals surface area contributed by atoms with E-state index in [9.17, 15) is 22.8 Å². The van der Waals surface area contributed by atoms with Crippen molar-refractivity contribution in [2.75, 3.05) is 12.4 Å². The van der Waals surface area contributed by atoms with Gasteiger partial charge in [-0.1, -0.05) is 6.58 Å². The van der Waals surface area contributed by atoms with Crippen molar-refractivity contribution in [2.45, 2.75) is 18.6 Å². The van der Waals surface area contributed by atoms with Crippen molar-refractivity contribution in [2.24, 2.45) is 0 Å². The lowest BCUT2D eigenvalue weighted by Crippen LogP contribution is -2.56. The van der Waals surface area contributed by atoms with Crippen LogP contribution in [0.15, 0.2) is 12.2 Å². The maximum absolute atomic E-state index is 12.7. The number of nitrogens with one attached hydrogen (secondary N) is 1. The molecule has 0 aromatic carbocycles. The topological polar surface area (TPSA) is 49.4 Å². The molecule has 3 amide bonds. The van der Waals surface area contributed by atoms with Crippen molar-refractivity contribution in [3.63, 3.8) is 0 Å². The van der Waals surface area contributed by atoms with E-state index >= 15 is 0 Å². The summed E-state index contributed by atoms with van der Waals surface area (Å²) in [5, 5.41) is 1.63. The summed E-state index contributed by atoms with van der Waals surface area (Å²) in [5.74, 6) is -1.39. The van der Waals surface area contributed by atoms with E-state index in [4.69, 9.17) is 11.6 Å². The predicted octanol–water partition coefficient (Wildman–Crippen LogP) is 1.65. The molecular formula is C9H10ClF3N2O2. The first-order chi connectivity index (χ1) is 7.63. The maximum atomic E-state index is 12.7. The standard InChI is InChI=1S/C9H10ClF3N2O2/c1-5(3-10)4-15-6(16)8(2,9(11,12)13)14-7(15)17/h1,3-4H2,2H3,(H,14,17). The van der Waals surface area contributed by atoms with E-state index in [1.165, 1.54) is 0 Å². The van der Waals surface area contributed by atoms with Crippen LogP contribution in [0.2, 0.25) is 0 Å². The average Bonchev–Trinajstić information content (AvgIpc) is 2.42. The number of alkyl halides is 4. The van der Waals surface area contributed by atoms with Gasteiger partial charge in [-0.15, -0.1) is 11.6 Å². The quantitative estimate of drug-likeness (QED) is 0.482. The fourth-order valence-electron chi connectivity index (χ4n) is 1.30. The molecule has 8 heteroatoms. The second-order valence-corrected chi connectivity index (χ2v) is 4.10. The molecule has 0 aromatic rings. The number of nitrogens with zero attached hydrogens (tertiary/aromatic N) is 1. The molecule has 4 nitrogen and oxygen atoms in total. The number of urea groups is 1. The second-order valence-electron chi connectivity index (χ2n) is 3.83. The molecule has 1 aliphatic heterocycles. The highest BCUT2D eigenvalue weighted by molar-refractivity contribution is 6.19. The van der Waals surface area contributed by atoms with E-state index in [1.807, 2.05) is 0 Å². The smallest absolute Gasteiger partial charge is 0.316 e. The Morgan fingerprint density at radius 2 is 2.06 bits per heavy atom. The highest BCUT2D eigenvalue weighted by atomic mass is 35.5. The van der Waals surface area contributed by atoms with Crippen LogP contribution in [0.1, 0.15) is 6.92 Å². The van der Waals surface area contributed by atoms with Crippen LogP contribution in [-0.4, -0.2) is 41.0 Å². The number of halogens is 4. The number of amides is 3. The molecule has 96 valence electrons. The van der Waals surface area contributed by atoms with Crippen LogP contribution in [0.5, 0.6) is 0 Å². The highest BCUT2D eigenvalue weighted by Gasteiger charge is 2.64. The summed E-state index contributed by atoms with van der Waals surface area (Å²) in [4.78, 5) is 23.3. The molecule has 1 unspecified atom stereocenters. The van der Waals surface area contributed by atoms with E-state index in [2.05, 4.69) is 6.58 Å². The van der Waals surface area contributed by atoms with Crippen LogP contribution in [0.25, 0.3) is 0 Å². The van der Waals surface area contributed by atoms with Crippen LogP contribution in [-0.2, 0) is 4.79 Å². The van der Waals surface area contributed by atoms with Crippen molar-refractivity contribution >= 4 is 23.5 Å². The van der Waals surface area contributed by atoms with Gasteiger partial charge in [-0.05, 0) is 12.5 Å². The second kappa shape index (κ2) is 4.21. The molecule has 1 heterocycles. The maximum Gasteiger partial charge on any atom is 0.420 e. The first kappa shape index (κ1) is 13.8. The summed E-state index contributed by atoms with van der Waals surface area (Å²) in [6, 6.07) is -1.10. The Morgan fingerprint density at radius 3 is 2.41 bits per heavy atom. The third kappa shape index (κ3) is 2.24. The van der Waals surface area contributed by atoms with E-state index < -0.39 is 23.7 Å². The Labute approximate surface area is 100 Å². The van der Waals surface area contributed by atoms with Gasteiger partial charge in [-0.3, -0.25) is 9.69 Å². The molecule has 17 heavy (non-hydrogen) atoms. The molecule has 0 spiro atoms. The fourth-order valence-corrected chi connectivity index (χ4v) is 1.38. The summed E-state index contributed by atoms with van der Waals surface area (Å²) in [5.41, 5.74) is -2.60. The minimum Gasteiger partial charge on any atom is -0.316 e. The van der Waals surface area contributed by atoms with Gasteiger partial charge < -0.3 is 5.32 Å². The zero-order valence-corrected chi connectivity index (χ0v) is 9.65. The molecular weight excluding hydrogens is 261 g/mol. The average molecular weight is 271 g/mol. The Hall–Kier alpha value is -1.24. The molecule has 1 aliphatic rings. The summed E-state index contributed by atoms with van der Waals surface area (Å²) in [7, 11) is 0. The van der Waals surface area contributed by atoms with Gasteiger partial charge >= 0.3 is 12.2 Å². The largest absolute Gasteiger partial charge is 0.420 e. The van der Waals surface area contributed by atoms with Gasteiger partial charge in [0.25, 0.3) is 5.91 Å². The Morgan fingerprint density at radius 1 is 1.53 bits per heavy atom. The van der Waals surface area contributed by atoms with Crippen LogP contribution in [0, 0.1) is 0 Å². The lowest BCUT2D eigenvalue weighted by molar-refractivity contribution is -0.190. The van der Waals surface area contributed by atoms with Gasteiger partial charge in [-0.25, -0.2) is 4.79 Å². The minimum absolute atomic E-state index is 0.0419. The van der Waals surface area contributed by atoms with Gasteiger partial charge in [0, 0.05) is 5.88 Å². The number of rotatable bonds is 3. The Kier molecular flexibility index (Phi) is 3.42. The molecule has 1 atom stereocenters. The summed E-state index contributed by atoms with van der Waals surface area (Å²) in [6.07, 6.45) is -4.85. The van der Waals surface area contributed by atoms with E-state index in [-0.39, 0.29) is 18.0 Å². The summed E-state index contributed by atoms with van der Waals surface area (Å²) < 4.78 is 38.0. The highest BCUT2D eigenvalue weighted by Crippen LogP contribution is 2.35. The van der Waals surface area contributed by atoms with Gasteiger partial charge in [-0.2, -0.15) is 13.2 Å². The van der Waals surface area contributed by atoms with Crippen molar-refractivity contribution < 1.29 is 22.8 Å². The summed E-state index contributed by atoms with van der Waals surface area (Å²) >= 11 is 5.40. The van der Waals surface area contributed by atoms with Gasteiger partial charge in [0.2, 0.25) is 5.54 Å². The summed E-state index contributed by atoms with van der Waals surface area (Å²) in [6.45, 7) is 3.73. The SMILES string of the molecule is C=C(CCl)CN1C(=O)NC(C)(C(F)(F)F)C1=O. The minimum atomic E-state index is -4.85. The van der Waals surface area contributed by atoms with Crippen LogP contribution in [0.3, 0.4) is 0 Å².